The van der Waals surface area contributed by atoms with Crippen LogP contribution >= 0.6 is 0 Å². The number of methoxy groups -OCH3 is 1. The number of nitrogens with zero attached hydrogens (tertiary/aromatic N) is 3. The van der Waals surface area contributed by atoms with E-state index in [4.69, 9.17) is 4.74 Å². The molecule has 3 N–H and O–H groups in total. The summed E-state index contributed by atoms with van der Waals surface area (Å²) in [5.41, 5.74) is 1.59. The molecule has 0 aliphatic carbocycles. The average molecular weight is 472 g/mol. The van der Waals surface area contributed by atoms with E-state index in [0.717, 1.165) is 5.56 Å². The molecule has 1 aliphatic rings. The van der Waals surface area contributed by atoms with Crippen molar-refractivity contribution in [3.63, 3.8) is 0 Å². The van der Waals surface area contributed by atoms with Gasteiger partial charge in [-0.2, -0.15) is 8.42 Å². The topological polar surface area (TPSA) is 133 Å². The minimum atomic E-state index is -4.04. The van der Waals surface area contributed by atoms with Crippen LogP contribution in [0.3, 0.4) is 0 Å². The first-order chi connectivity index (χ1) is 15.5. The molecule has 174 valence electrons. The molecule has 1 unspecified atom stereocenters. The summed E-state index contributed by atoms with van der Waals surface area (Å²) in [5, 5.41) is 13.4. The van der Waals surface area contributed by atoms with Gasteiger partial charge < -0.3 is 20.1 Å². The molecule has 2 aromatic rings. The molecule has 0 saturated heterocycles. The molecule has 2 aromatic carbocycles. The molecule has 11 heteroatoms. The van der Waals surface area contributed by atoms with Crippen LogP contribution in [0, 0.1) is 0 Å². The van der Waals surface area contributed by atoms with E-state index < -0.39 is 22.2 Å². The molecule has 0 bridgehead atoms. The number of rotatable bonds is 6. The van der Waals surface area contributed by atoms with Crippen molar-refractivity contribution in [3.05, 3.63) is 65.7 Å². The van der Waals surface area contributed by atoms with Gasteiger partial charge in [0.15, 0.2) is 17.4 Å². The van der Waals surface area contributed by atoms with E-state index in [2.05, 4.69) is 26.0 Å². The normalized spacial score (nSPS) is 16.5. The van der Waals surface area contributed by atoms with Crippen molar-refractivity contribution in [1.29, 1.82) is 0 Å². The van der Waals surface area contributed by atoms with Gasteiger partial charge in [-0.15, -0.1) is 4.40 Å². The second kappa shape index (κ2) is 9.33. The van der Waals surface area contributed by atoms with Crippen molar-refractivity contribution in [2.24, 2.45) is 9.39 Å². The van der Waals surface area contributed by atoms with Crippen molar-refractivity contribution in [1.82, 2.24) is 9.62 Å². The number of amidine groups is 2. The Morgan fingerprint density at radius 2 is 1.91 bits per heavy atom. The Kier molecular flexibility index (Phi) is 6.73. The minimum absolute atomic E-state index is 0.0518. The van der Waals surface area contributed by atoms with Crippen LogP contribution < -0.4 is 14.8 Å². The number of phenols is 1. The zero-order chi connectivity index (χ0) is 24.3. The van der Waals surface area contributed by atoms with Crippen molar-refractivity contribution in [3.8, 4) is 11.5 Å². The Bertz CT molecular complexity index is 1250. The Morgan fingerprint density at radius 1 is 1.24 bits per heavy atom. The number of phenolic OH excluding ortho intramolecular Hbond substituents is 1. The van der Waals surface area contributed by atoms with Crippen LogP contribution in [-0.2, 0) is 10.2 Å². The lowest BCUT2D eigenvalue weighted by Gasteiger charge is -2.16. The highest BCUT2D eigenvalue weighted by Crippen LogP contribution is 2.30. The zero-order valence-electron chi connectivity index (χ0n) is 18.7. The molecule has 0 radical (unpaired) electrons. The lowest BCUT2D eigenvalue weighted by molar-refractivity contribution is 0.0824. The lowest BCUT2D eigenvalue weighted by atomic mass is 10.0. The maximum absolute atomic E-state index is 12.3. The van der Waals surface area contributed by atoms with Crippen molar-refractivity contribution in [2.75, 3.05) is 26.5 Å². The van der Waals surface area contributed by atoms with Crippen LogP contribution in [0.4, 0.5) is 5.69 Å². The fourth-order valence-corrected chi connectivity index (χ4v) is 3.91. The highest BCUT2D eigenvalue weighted by molar-refractivity contribution is 7.89. The third-order valence-corrected chi connectivity index (χ3v) is 5.62. The van der Waals surface area contributed by atoms with Gasteiger partial charge in [0.05, 0.1) is 24.4 Å². The molecule has 3 rings (SSSR count). The Labute approximate surface area is 192 Å². The molecule has 0 aromatic heterocycles. The highest BCUT2D eigenvalue weighted by atomic mass is 32.2. The molecule has 1 atom stereocenters. The predicted octanol–water partition coefficient (Wildman–Crippen LogP) is 2.48. The summed E-state index contributed by atoms with van der Waals surface area (Å²) in [7, 11) is 0.629. The average Bonchev–Trinajstić information content (AvgIpc) is 3.05. The summed E-state index contributed by atoms with van der Waals surface area (Å²) in [6.45, 7) is 5.74. The number of hydrogen-bond donors (Lipinski definition) is 3. The molecule has 1 aliphatic heterocycles. The van der Waals surface area contributed by atoms with Crippen LogP contribution in [-0.4, -0.2) is 57.2 Å². The number of carbonyl (C=O) groups is 1. The molecular formula is C22H25N5O5S. The molecule has 1 amide bonds. The van der Waals surface area contributed by atoms with Crippen LogP contribution in [0.15, 0.2) is 64.0 Å². The molecule has 10 nitrogen and oxygen atoms in total. The number of aliphatic imine (C=N–C) groups is 1. The van der Waals surface area contributed by atoms with Gasteiger partial charge in [0.1, 0.15) is 5.75 Å². The summed E-state index contributed by atoms with van der Waals surface area (Å²) in [4.78, 5) is 18.1. The SMILES string of the molecule is C=C(C)C(N=C1NS(=O)(=O)N=C1Nc1cccc(C(=O)N(C)C)c1O)c1ccc(OC)cc1. The van der Waals surface area contributed by atoms with Gasteiger partial charge in [-0.1, -0.05) is 30.4 Å². The van der Waals surface area contributed by atoms with Crippen LogP contribution in [0.5, 0.6) is 11.5 Å². The fourth-order valence-electron chi connectivity index (χ4n) is 3.10. The highest BCUT2D eigenvalue weighted by Gasteiger charge is 2.29. The summed E-state index contributed by atoms with van der Waals surface area (Å²) in [6, 6.07) is 11.1. The maximum Gasteiger partial charge on any atom is 0.345 e. The number of amides is 1. The molecule has 0 spiro atoms. The first-order valence-electron chi connectivity index (χ1n) is 9.83. The van der Waals surface area contributed by atoms with Crippen molar-refractivity contribution >= 4 is 33.5 Å². The van der Waals surface area contributed by atoms with Crippen LogP contribution in [0.2, 0.25) is 0 Å². The summed E-state index contributed by atoms with van der Waals surface area (Å²) in [6.07, 6.45) is 0. The zero-order valence-corrected chi connectivity index (χ0v) is 19.5. The number of nitrogens with one attached hydrogen (secondary N) is 2. The van der Waals surface area contributed by atoms with Crippen molar-refractivity contribution in [2.45, 2.75) is 13.0 Å². The van der Waals surface area contributed by atoms with Gasteiger partial charge in [0, 0.05) is 14.1 Å². The number of aromatic hydroxyl groups is 1. The van der Waals surface area contributed by atoms with Crippen molar-refractivity contribution < 1.29 is 23.1 Å². The third kappa shape index (κ3) is 5.32. The predicted molar refractivity (Wildman–Crippen MR) is 127 cm³/mol. The van der Waals surface area contributed by atoms with Gasteiger partial charge >= 0.3 is 10.2 Å². The number of hydrogen-bond acceptors (Lipinski definition) is 7. The van der Waals surface area contributed by atoms with Gasteiger partial charge in [-0.05, 0) is 36.8 Å². The van der Waals surface area contributed by atoms with E-state index in [1.54, 1.807) is 58.5 Å². The number of anilines is 1. The second-order valence-corrected chi connectivity index (χ2v) is 8.88. The van der Waals surface area contributed by atoms with Gasteiger partial charge in [0.25, 0.3) is 5.91 Å². The summed E-state index contributed by atoms with van der Waals surface area (Å²) in [5.74, 6) is -0.262. The van der Waals surface area contributed by atoms with E-state index in [-0.39, 0.29) is 28.7 Å². The number of carbonyl (C=O) groups excluding carboxylic acids is 1. The van der Waals surface area contributed by atoms with E-state index >= 15 is 0 Å². The fraction of sp³-hybridized carbons (Fsp3) is 0.227. The first kappa shape index (κ1) is 23.8. The molecule has 1 heterocycles. The molecular weight excluding hydrogens is 446 g/mol. The van der Waals surface area contributed by atoms with Gasteiger partial charge in [-0.3, -0.25) is 9.79 Å². The maximum atomic E-state index is 12.3. The Morgan fingerprint density at radius 3 is 2.48 bits per heavy atom. The van der Waals surface area contributed by atoms with Gasteiger partial charge in [-0.25, -0.2) is 4.72 Å². The molecule has 0 fully saturated rings. The van der Waals surface area contributed by atoms with Crippen LogP contribution in [0.1, 0.15) is 28.9 Å². The first-order valence-corrected chi connectivity index (χ1v) is 11.3. The Balaban J connectivity index is 1.99. The molecule has 33 heavy (non-hydrogen) atoms. The van der Waals surface area contributed by atoms with Crippen LogP contribution in [0.25, 0.3) is 0 Å². The third-order valence-electron chi connectivity index (χ3n) is 4.74. The minimum Gasteiger partial charge on any atom is -0.505 e. The number of para-hydroxylation sites is 1. The summed E-state index contributed by atoms with van der Waals surface area (Å²) >= 11 is 0. The smallest absolute Gasteiger partial charge is 0.345 e. The van der Waals surface area contributed by atoms with E-state index in [1.807, 2.05) is 0 Å². The number of ether oxygens (including phenoxy) is 1. The van der Waals surface area contributed by atoms with E-state index in [0.29, 0.717) is 11.3 Å². The van der Waals surface area contributed by atoms with Gasteiger partial charge in [0.2, 0.25) is 0 Å². The largest absolute Gasteiger partial charge is 0.505 e. The Hall–Kier alpha value is -3.86. The molecule has 0 saturated carbocycles. The monoisotopic (exact) mass is 471 g/mol. The van der Waals surface area contributed by atoms with E-state index in [1.165, 1.54) is 17.0 Å². The second-order valence-electron chi connectivity index (χ2n) is 7.54. The van der Waals surface area contributed by atoms with E-state index in [9.17, 15) is 18.3 Å². The lowest BCUT2D eigenvalue weighted by Crippen LogP contribution is -2.31. The summed E-state index contributed by atoms with van der Waals surface area (Å²) < 4.78 is 35.5. The quantitative estimate of drug-likeness (QED) is 0.438. The standard InChI is InChI=1S/C22H25N5O5S/c1-13(2)18(14-9-11-15(32-5)12-10-14)24-21-20(25-33(30,31)26-21)23-17-8-6-7-16(19(17)28)22(29)27(3)4/h6-12,18,28H,1H2,2-5H3,(H,23,25)(H,24,26). The number of benzene rings is 2.